The van der Waals surface area contributed by atoms with E-state index in [1.165, 1.54) is 4.88 Å². The van der Waals surface area contributed by atoms with E-state index in [1.807, 2.05) is 17.5 Å². The van der Waals surface area contributed by atoms with Crippen LogP contribution in [0.5, 0.6) is 0 Å². The molecule has 4 nitrogen and oxygen atoms in total. The van der Waals surface area contributed by atoms with Crippen molar-refractivity contribution in [3.05, 3.63) is 22.4 Å². The SMILES string of the molecule is CC1CC(CN)CN1CC(=O)NCc1cccs1. The van der Waals surface area contributed by atoms with Gasteiger partial charge < -0.3 is 11.1 Å². The van der Waals surface area contributed by atoms with Crippen LogP contribution < -0.4 is 11.1 Å². The Hall–Kier alpha value is -0.910. The van der Waals surface area contributed by atoms with Crippen molar-refractivity contribution >= 4 is 17.2 Å². The lowest BCUT2D eigenvalue weighted by atomic mass is 10.1. The van der Waals surface area contributed by atoms with Gasteiger partial charge in [0.15, 0.2) is 0 Å². The number of rotatable bonds is 5. The molecule has 0 aliphatic carbocycles. The van der Waals surface area contributed by atoms with Gasteiger partial charge in [0.2, 0.25) is 5.91 Å². The first kappa shape index (κ1) is 13.5. The van der Waals surface area contributed by atoms with Gasteiger partial charge >= 0.3 is 0 Å². The average Bonchev–Trinajstić information content (AvgIpc) is 2.97. The van der Waals surface area contributed by atoms with Crippen molar-refractivity contribution in [3.8, 4) is 0 Å². The molecule has 0 spiro atoms. The molecule has 0 radical (unpaired) electrons. The topological polar surface area (TPSA) is 58.4 Å². The summed E-state index contributed by atoms with van der Waals surface area (Å²) in [5, 5.41) is 4.99. The van der Waals surface area contributed by atoms with Crippen molar-refractivity contribution < 1.29 is 4.79 Å². The van der Waals surface area contributed by atoms with E-state index in [2.05, 4.69) is 17.1 Å². The molecule has 0 saturated carbocycles. The Morgan fingerprint density at radius 1 is 1.67 bits per heavy atom. The number of carbonyl (C=O) groups is 1. The second kappa shape index (κ2) is 6.31. The molecular formula is C13H21N3OS. The first-order valence-corrected chi connectivity index (χ1v) is 7.30. The zero-order valence-corrected chi connectivity index (χ0v) is 11.6. The minimum Gasteiger partial charge on any atom is -0.350 e. The van der Waals surface area contributed by atoms with E-state index in [0.29, 0.717) is 25.0 Å². The maximum atomic E-state index is 11.9. The summed E-state index contributed by atoms with van der Waals surface area (Å²) in [7, 11) is 0. The number of hydrogen-bond acceptors (Lipinski definition) is 4. The van der Waals surface area contributed by atoms with Crippen molar-refractivity contribution in [2.75, 3.05) is 19.6 Å². The van der Waals surface area contributed by atoms with E-state index in [-0.39, 0.29) is 5.91 Å². The summed E-state index contributed by atoms with van der Waals surface area (Å²) in [6.07, 6.45) is 1.11. The smallest absolute Gasteiger partial charge is 0.234 e. The Balaban J connectivity index is 1.74. The molecule has 2 rings (SSSR count). The highest BCUT2D eigenvalue weighted by Gasteiger charge is 2.29. The second-order valence-corrected chi connectivity index (χ2v) is 6.00. The summed E-state index contributed by atoms with van der Waals surface area (Å²) in [6, 6.07) is 4.50. The van der Waals surface area contributed by atoms with E-state index in [0.717, 1.165) is 19.5 Å². The first-order valence-electron chi connectivity index (χ1n) is 6.42. The number of hydrogen-bond donors (Lipinski definition) is 2. The van der Waals surface area contributed by atoms with Gasteiger partial charge in [-0.1, -0.05) is 6.07 Å². The third-order valence-corrected chi connectivity index (χ3v) is 4.39. The van der Waals surface area contributed by atoms with Crippen molar-refractivity contribution in [2.45, 2.75) is 25.9 Å². The fraction of sp³-hybridized carbons (Fsp3) is 0.615. The van der Waals surface area contributed by atoms with Gasteiger partial charge in [-0.3, -0.25) is 9.69 Å². The van der Waals surface area contributed by atoms with Crippen LogP contribution in [0.2, 0.25) is 0 Å². The standard InChI is InChI=1S/C13H21N3OS/c1-10-5-11(6-14)8-16(10)9-13(17)15-7-12-3-2-4-18-12/h2-4,10-11H,5-9,14H2,1H3,(H,15,17). The predicted octanol–water partition coefficient (Wildman–Crippen LogP) is 1.03. The minimum absolute atomic E-state index is 0.105. The largest absolute Gasteiger partial charge is 0.350 e. The molecular weight excluding hydrogens is 246 g/mol. The molecule has 100 valence electrons. The van der Waals surface area contributed by atoms with Gasteiger partial charge in [-0.2, -0.15) is 0 Å². The van der Waals surface area contributed by atoms with Crippen LogP contribution in [-0.2, 0) is 11.3 Å². The highest BCUT2D eigenvalue weighted by Crippen LogP contribution is 2.21. The van der Waals surface area contributed by atoms with Crippen LogP contribution in [0.25, 0.3) is 0 Å². The van der Waals surface area contributed by atoms with Crippen LogP contribution in [0.1, 0.15) is 18.2 Å². The van der Waals surface area contributed by atoms with E-state index in [9.17, 15) is 4.79 Å². The predicted molar refractivity (Wildman–Crippen MR) is 74.4 cm³/mol. The van der Waals surface area contributed by atoms with Crippen molar-refractivity contribution in [1.29, 1.82) is 0 Å². The van der Waals surface area contributed by atoms with Gasteiger partial charge in [-0.05, 0) is 37.3 Å². The minimum atomic E-state index is 0.105. The number of nitrogens with two attached hydrogens (primary N) is 1. The van der Waals surface area contributed by atoms with Crippen LogP contribution in [0.15, 0.2) is 17.5 Å². The molecule has 1 aromatic rings. The Kier molecular flexibility index (Phi) is 4.74. The highest BCUT2D eigenvalue weighted by atomic mass is 32.1. The number of carbonyl (C=O) groups excluding carboxylic acids is 1. The number of thiophene rings is 1. The lowest BCUT2D eigenvalue weighted by Gasteiger charge is -2.20. The third kappa shape index (κ3) is 3.54. The van der Waals surface area contributed by atoms with Crippen molar-refractivity contribution in [3.63, 3.8) is 0 Å². The fourth-order valence-electron chi connectivity index (χ4n) is 2.45. The Morgan fingerprint density at radius 2 is 2.50 bits per heavy atom. The summed E-state index contributed by atoms with van der Waals surface area (Å²) >= 11 is 1.67. The lowest BCUT2D eigenvalue weighted by Crippen LogP contribution is -2.38. The maximum Gasteiger partial charge on any atom is 0.234 e. The maximum absolute atomic E-state index is 11.9. The zero-order valence-electron chi connectivity index (χ0n) is 10.8. The van der Waals surface area contributed by atoms with Crippen LogP contribution >= 0.6 is 11.3 Å². The van der Waals surface area contributed by atoms with Gasteiger partial charge in [0.1, 0.15) is 0 Å². The lowest BCUT2D eigenvalue weighted by molar-refractivity contribution is -0.122. The summed E-state index contributed by atoms with van der Waals surface area (Å²) in [6.45, 7) is 4.96. The molecule has 0 bridgehead atoms. The van der Waals surface area contributed by atoms with Gasteiger partial charge in [0, 0.05) is 17.5 Å². The molecule has 2 atom stereocenters. The van der Waals surface area contributed by atoms with E-state index in [1.54, 1.807) is 11.3 Å². The Labute approximate surface area is 112 Å². The van der Waals surface area contributed by atoms with Crippen molar-refractivity contribution in [1.82, 2.24) is 10.2 Å². The molecule has 1 amide bonds. The monoisotopic (exact) mass is 267 g/mol. The van der Waals surface area contributed by atoms with E-state index >= 15 is 0 Å². The van der Waals surface area contributed by atoms with Crippen LogP contribution in [-0.4, -0.2) is 36.5 Å². The molecule has 0 aromatic carbocycles. The summed E-state index contributed by atoms with van der Waals surface area (Å²) in [5.74, 6) is 0.651. The fourth-order valence-corrected chi connectivity index (χ4v) is 3.09. The number of nitrogens with zero attached hydrogens (tertiary/aromatic N) is 1. The first-order chi connectivity index (χ1) is 8.69. The average molecular weight is 267 g/mol. The molecule has 3 N–H and O–H groups in total. The molecule has 1 aliphatic heterocycles. The second-order valence-electron chi connectivity index (χ2n) is 4.97. The van der Waals surface area contributed by atoms with Gasteiger partial charge in [0.25, 0.3) is 0 Å². The van der Waals surface area contributed by atoms with Crippen LogP contribution in [0, 0.1) is 5.92 Å². The summed E-state index contributed by atoms with van der Waals surface area (Å²) in [5.41, 5.74) is 5.69. The van der Waals surface area contributed by atoms with Crippen LogP contribution in [0.4, 0.5) is 0 Å². The highest BCUT2D eigenvalue weighted by molar-refractivity contribution is 7.09. The molecule has 2 heterocycles. The zero-order chi connectivity index (χ0) is 13.0. The Morgan fingerprint density at radius 3 is 3.11 bits per heavy atom. The third-order valence-electron chi connectivity index (χ3n) is 3.51. The van der Waals surface area contributed by atoms with E-state index < -0.39 is 0 Å². The summed E-state index contributed by atoms with van der Waals surface area (Å²) < 4.78 is 0. The molecule has 1 aromatic heterocycles. The molecule has 1 saturated heterocycles. The number of amides is 1. The normalized spacial score (nSPS) is 24.3. The van der Waals surface area contributed by atoms with E-state index in [4.69, 9.17) is 5.73 Å². The molecule has 1 fully saturated rings. The molecule has 2 unspecified atom stereocenters. The molecule has 18 heavy (non-hydrogen) atoms. The van der Waals surface area contributed by atoms with Crippen LogP contribution in [0.3, 0.4) is 0 Å². The molecule has 5 heteroatoms. The number of likely N-dealkylation sites (tertiary alicyclic amines) is 1. The van der Waals surface area contributed by atoms with Crippen molar-refractivity contribution in [2.24, 2.45) is 11.7 Å². The summed E-state index contributed by atoms with van der Waals surface area (Å²) in [4.78, 5) is 15.3. The quantitative estimate of drug-likeness (QED) is 0.838. The molecule has 1 aliphatic rings. The van der Waals surface area contributed by atoms with Gasteiger partial charge in [-0.15, -0.1) is 11.3 Å². The number of nitrogens with one attached hydrogen (secondary N) is 1. The van der Waals surface area contributed by atoms with Gasteiger partial charge in [0.05, 0.1) is 13.1 Å². The Bertz CT molecular complexity index is 380. The van der Waals surface area contributed by atoms with Gasteiger partial charge in [-0.25, -0.2) is 0 Å².